The van der Waals surface area contributed by atoms with Crippen LogP contribution in [0.1, 0.15) is 5.56 Å². The van der Waals surface area contributed by atoms with E-state index in [0.29, 0.717) is 21.3 Å². The first-order chi connectivity index (χ1) is 10.5. The molecular weight excluding hydrogens is 370 g/mol. The van der Waals surface area contributed by atoms with Crippen LogP contribution in [0.15, 0.2) is 50.8 Å². The summed E-state index contributed by atoms with van der Waals surface area (Å²) in [5.41, 5.74) is 7.17. The Bertz CT molecular complexity index is 864. The van der Waals surface area contributed by atoms with Crippen molar-refractivity contribution in [3.05, 3.63) is 56.5 Å². The first kappa shape index (κ1) is 14.7. The van der Waals surface area contributed by atoms with Crippen LogP contribution < -0.4 is 5.73 Å². The van der Waals surface area contributed by atoms with Gasteiger partial charge in [0.15, 0.2) is 5.17 Å². The number of aliphatic imine (C=N–C) groups is 1. The number of hydrogen-bond acceptors (Lipinski definition) is 5. The third kappa shape index (κ3) is 2.62. The van der Waals surface area contributed by atoms with Crippen LogP contribution >= 0.6 is 26.4 Å². The zero-order chi connectivity index (χ0) is 15.9. The minimum Gasteiger partial charge on any atom is -0.507 e. The van der Waals surface area contributed by atoms with E-state index in [9.17, 15) is 15.2 Å². The Hall–Kier alpha value is -2.19. The zero-order valence-corrected chi connectivity index (χ0v) is 13.5. The molecule has 3 N–H and O–H groups in total. The number of phenolic OH excluding ortho intramolecular Hbond substituents is 1. The fourth-order valence-corrected chi connectivity index (χ4v) is 4.11. The molecule has 0 saturated carbocycles. The van der Waals surface area contributed by atoms with Gasteiger partial charge in [0.05, 0.1) is 10.6 Å². The topological polar surface area (TPSA) is 102 Å². The summed E-state index contributed by atoms with van der Waals surface area (Å²) in [6, 6.07) is 9.51. The lowest BCUT2D eigenvalue weighted by molar-refractivity contribution is -0.385. The molecule has 0 saturated heterocycles. The van der Waals surface area contributed by atoms with Crippen LogP contribution in [0, 0.1) is 10.1 Å². The van der Waals surface area contributed by atoms with Gasteiger partial charge in [-0.2, -0.15) is 0 Å². The third-order valence-electron chi connectivity index (χ3n) is 3.08. The number of rotatable bonds is 2. The minimum absolute atomic E-state index is 0.00647. The van der Waals surface area contributed by atoms with Crippen LogP contribution in [0.5, 0.6) is 5.75 Å². The number of nitro groups is 1. The quantitative estimate of drug-likeness (QED) is 0.473. The Kier molecular flexibility index (Phi) is 3.71. The summed E-state index contributed by atoms with van der Waals surface area (Å²) in [5.74, 6) is 0.113. The molecule has 2 aromatic rings. The molecular formula is C14H10BrN3O3S. The molecule has 1 atom stereocenters. The van der Waals surface area contributed by atoms with E-state index < -0.39 is 15.4 Å². The summed E-state index contributed by atoms with van der Waals surface area (Å²) in [7, 11) is -0.726. The highest BCUT2D eigenvalue weighted by Crippen LogP contribution is 2.44. The van der Waals surface area contributed by atoms with Gasteiger partial charge < -0.3 is 10.8 Å². The standard InChI is InChI=1S/C14H10BrN3O3S/c15-9-1-4-12(19)8(5-9)7-22-13-6-10(18(20)21)2-3-11(13)17-14(22)16/h1-7,19H,(H2,16,17). The van der Waals surface area contributed by atoms with Crippen molar-refractivity contribution in [2.75, 3.05) is 0 Å². The van der Waals surface area contributed by atoms with Crippen LogP contribution in [0.3, 0.4) is 0 Å². The molecule has 6 nitrogen and oxygen atoms in total. The van der Waals surface area contributed by atoms with Crippen molar-refractivity contribution in [1.82, 2.24) is 0 Å². The average molecular weight is 380 g/mol. The van der Waals surface area contributed by atoms with E-state index >= 15 is 0 Å². The second kappa shape index (κ2) is 5.54. The van der Waals surface area contributed by atoms with Gasteiger partial charge in [-0.25, -0.2) is 4.99 Å². The van der Waals surface area contributed by atoms with Crippen LogP contribution in [-0.4, -0.2) is 20.6 Å². The molecule has 0 amide bonds. The van der Waals surface area contributed by atoms with Gasteiger partial charge in [-0.1, -0.05) is 26.4 Å². The molecule has 1 aliphatic rings. The normalized spacial score (nSPS) is 16.4. The largest absolute Gasteiger partial charge is 0.507 e. The summed E-state index contributed by atoms with van der Waals surface area (Å²) in [6.45, 7) is 0. The van der Waals surface area contributed by atoms with Crippen molar-refractivity contribution in [2.45, 2.75) is 4.90 Å². The predicted octanol–water partition coefficient (Wildman–Crippen LogP) is 3.50. The summed E-state index contributed by atoms with van der Waals surface area (Å²) in [4.78, 5) is 15.4. The maximum absolute atomic E-state index is 10.9. The van der Waals surface area contributed by atoms with E-state index in [-0.39, 0.29) is 11.4 Å². The zero-order valence-electron chi connectivity index (χ0n) is 11.1. The molecule has 0 fully saturated rings. The molecule has 0 spiro atoms. The first-order valence-corrected chi connectivity index (χ1v) is 8.23. The number of aromatic hydroxyl groups is 1. The Labute approximate surface area is 136 Å². The Morgan fingerprint density at radius 3 is 2.82 bits per heavy atom. The maximum atomic E-state index is 10.9. The number of non-ortho nitro benzene ring substituents is 1. The summed E-state index contributed by atoms with van der Waals surface area (Å²) in [6.07, 6.45) is 0. The van der Waals surface area contributed by atoms with Crippen molar-refractivity contribution in [3.8, 4) is 5.75 Å². The van der Waals surface area contributed by atoms with Crippen molar-refractivity contribution in [1.29, 1.82) is 0 Å². The van der Waals surface area contributed by atoms with E-state index in [1.807, 2.05) is 0 Å². The molecule has 1 unspecified atom stereocenters. The van der Waals surface area contributed by atoms with E-state index in [0.717, 1.165) is 4.47 Å². The number of nitrogens with two attached hydrogens (primary N) is 1. The van der Waals surface area contributed by atoms with Gasteiger partial charge in [0.25, 0.3) is 5.69 Å². The smallest absolute Gasteiger partial charge is 0.270 e. The van der Waals surface area contributed by atoms with Gasteiger partial charge in [-0.05, 0) is 29.6 Å². The number of fused-ring (bicyclic) bond motifs is 1. The minimum atomic E-state index is -0.726. The van der Waals surface area contributed by atoms with Gasteiger partial charge in [-0.15, -0.1) is 0 Å². The number of hydrogen-bond donors (Lipinski definition) is 2. The van der Waals surface area contributed by atoms with Gasteiger partial charge in [0.1, 0.15) is 5.75 Å². The van der Waals surface area contributed by atoms with Crippen LogP contribution in [0.4, 0.5) is 11.4 Å². The molecule has 0 aliphatic carbocycles. The number of amidine groups is 1. The fourth-order valence-electron chi connectivity index (χ4n) is 2.04. The fraction of sp³-hybridized carbons (Fsp3) is 0. The van der Waals surface area contributed by atoms with Crippen molar-refractivity contribution < 1.29 is 10.0 Å². The summed E-state index contributed by atoms with van der Waals surface area (Å²) in [5, 5.41) is 23.0. The van der Waals surface area contributed by atoms with E-state index in [1.165, 1.54) is 12.1 Å². The number of nitro benzene ring substituents is 1. The lowest BCUT2D eigenvalue weighted by Crippen LogP contribution is -2.06. The van der Waals surface area contributed by atoms with Crippen molar-refractivity contribution >= 4 is 48.3 Å². The molecule has 8 heteroatoms. The lowest BCUT2D eigenvalue weighted by atomic mass is 10.2. The second-order valence-corrected chi connectivity index (χ2v) is 7.20. The van der Waals surface area contributed by atoms with Gasteiger partial charge in [0, 0.05) is 27.1 Å². The Morgan fingerprint density at radius 2 is 2.09 bits per heavy atom. The van der Waals surface area contributed by atoms with Gasteiger partial charge in [0.2, 0.25) is 0 Å². The predicted molar refractivity (Wildman–Crippen MR) is 91.2 cm³/mol. The highest BCUT2D eigenvalue weighted by molar-refractivity contribution is 9.10. The molecule has 0 aromatic heterocycles. The highest BCUT2D eigenvalue weighted by atomic mass is 79.9. The summed E-state index contributed by atoms with van der Waals surface area (Å²) < 4.78 is 0.814. The van der Waals surface area contributed by atoms with Crippen LogP contribution in [0.25, 0.3) is 0 Å². The van der Waals surface area contributed by atoms with Crippen LogP contribution in [-0.2, 0) is 0 Å². The third-order valence-corrected chi connectivity index (χ3v) is 5.41. The second-order valence-electron chi connectivity index (χ2n) is 4.52. The molecule has 0 radical (unpaired) electrons. The van der Waals surface area contributed by atoms with E-state index in [1.54, 1.807) is 29.6 Å². The molecule has 3 rings (SSSR count). The monoisotopic (exact) mass is 379 g/mol. The van der Waals surface area contributed by atoms with E-state index in [2.05, 4.69) is 20.9 Å². The molecule has 2 aromatic carbocycles. The van der Waals surface area contributed by atoms with Gasteiger partial charge in [-0.3, -0.25) is 10.1 Å². The molecule has 22 heavy (non-hydrogen) atoms. The number of halogens is 1. The Balaban J connectivity index is 2.15. The SMILES string of the molecule is NC1=Nc2ccc([N+](=O)[O-])cc2S1=Cc1cc(Br)ccc1O. The molecule has 1 aliphatic heterocycles. The number of phenols is 1. The van der Waals surface area contributed by atoms with E-state index in [4.69, 9.17) is 5.73 Å². The number of nitrogens with zero attached hydrogens (tertiary/aromatic N) is 2. The molecule has 1 heterocycles. The van der Waals surface area contributed by atoms with Gasteiger partial charge >= 0.3 is 0 Å². The molecule has 0 bridgehead atoms. The number of benzene rings is 2. The average Bonchev–Trinajstić information content (AvgIpc) is 2.78. The van der Waals surface area contributed by atoms with Crippen molar-refractivity contribution in [2.24, 2.45) is 10.7 Å². The lowest BCUT2D eigenvalue weighted by Gasteiger charge is -2.05. The highest BCUT2D eigenvalue weighted by Gasteiger charge is 2.21. The Morgan fingerprint density at radius 1 is 1.32 bits per heavy atom. The van der Waals surface area contributed by atoms with Crippen LogP contribution in [0.2, 0.25) is 0 Å². The molecule has 112 valence electrons. The summed E-state index contributed by atoms with van der Waals surface area (Å²) >= 11 is 3.34. The maximum Gasteiger partial charge on any atom is 0.270 e. The first-order valence-electron chi connectivity index (χ1n) is 6.15. The van der Waals surface area contributed by atoms with Crippen molar-refractivity contribution in [3.63, 3.8) is 0 Å².